The van der Waals surface area contributed by atoms with Crippen molar-refractivity contribution in [3.8, 4) is 0 Å². The van der Waals surface area contributed by atoms with Gasteiger partial charge in [0.15, 0.2) is 0 Å². The van der Waals surface area contributed by atoms with E-state index in [1.54, 1.807) is 6.92 Å². The second-order valence-electron chi connectivity index (χ2n) is 7.30. The van der Waals surface area contributed by atoms with Crippen LogP contribution in [0.3, 0.4) is 0 Å². The molecule has 0 N–H and O–H groups in total. The summed E-state index contributed by atoms with van der Waals surface area (Å²) in [6.07, 6.45) is 1.34. The maximum atomic E-state index is 14.7. The van der Waals surface area contributed by atoms with Gasteiger partial charge >= 0.3 is 0 Å². The van der Waals surface area contributed by atoms with Gasteiger partial charge in [0, 0.05) is 29.2 Å². The van der Waals surface area contributed by atoms with Crippen LogP contribution in [0.2, 0.25) is 10.0 Å². The normalized spacial score (nSPS) is 16.4. The smallest absolute Gasteiger partial charge is 0.264 e. The van der Waals surface area contributed by atoms with E-state index in [2.05, 4.69) is 4.90 Å². The molecule has 5 nitrogen and oxygen atoms in total. The maximum absolute atomic E-state index is 14.7. The van der Waals surface area contributed by atoms with Crippen molar-refractivity contribution in [1.82, 2.24) is 4.90 Å². The number of sulfonamides is 1. The second kappa shape index (κ2) is 10.3. The molecule has 1 fully saturated rings. The average molecular weight is 475 g/mol. The Hall–Kier alpha value is -1.38. The molecule has 2 aromatic rings. The van der Waals surface area contributed by atoms with Crippen LogP contribution in [0.25, 0.3) is 0 Å². The van der Waals surface area contributed by atoms with Crippen LogP contribution in [-0.4, -0.2) is 52.2 Å². The highest BCUT2D eigenvalue weighted by molar-refractivity contribution is 7.92. The molecule has 9 heteroatoms. The first kappa shape index (κ1) is 23.3. The highest BCUT2D eigenvalue weighted by atomic mass is 35.5. The van der Waals surface area contributed by atoms with E-state index in [4.69, 9.17) is 27.9 Å². The molecule has 1 heterocycles. The van der Waals surface area contributed by atoms with Crippen molar-refractivity contribution in [1.29, 1.82) is 0 Å². The third kappa shape index (κ3) is 5.65. The molecule has 1 atom stereocenters. The van der Waals surface area contributed by atoms with E-state index in [-0.39, 0.29) is 15.6 Å². The molecular formula is C21H25Cl2FN2O3S. The average Bonchev–Trinajstić information content (AvgIpc) is 2.72. The predicted octanol–water partition coefficient (Wildman–Crippen LogP) is 4.83. The predicted molar refractivity (Wildman–Crippen MR) is 118 cm³/mol. The summed E-state index contributed by atoms with van der Waals surface area (Å²) < 4.78 is 48.1. The fraction of sp³-hybridized carbons (Fsp3) is 0.429. The van der Waals surface area contributed by atoms with Crippen molar-refractivity contribution in [3.05, 3.63) is 58.3 Å². The van der Waals surface area contributed by atoms with E-state index < -0.39 is 21.9 Å². The standard InChI is InChI=1S/C21H25Cl2FN2O3S/c1-16(3-2-10-25-11-13-29-14-12-25)26(21-15-18(23)6-9-20(21)24)30(27,28)19-7-4-17(22)5-8-19/h4-9,15-16H,2-3,10-14H2,1H3. The van der Waals surface area contributed by atoms with Gasteiger partial charge in [-0.15, -0.1) is 0 Å². The Kier molecular flexibility index (Phi) is 7.98. The zero-order valence-electron chi connectivity index (χ0n) is 16.7. The van der Waals surface area contributed by atoms with Crippen molar-refractivity contribution in [2.24, 2.45) is 0 Å². The molecule has 0 bridgehead atoms. The molecule has 1 unspecified atom stereocenters. The van der Waals surface area contributed by atoms with Gasteiger partial charge in [0.05, 0.1) is 23.8 Å². The SMILES string of the molecule is CC(CCCN1CCOCC1)N(c1cc(Cl)ccc1F)S(=O)(=O)c1ccc(Cl)cc1. The van der Waals surface area contributed by atoms with Gasteiger partial charge < -0.3 is 4.74 Å². The Morgan fingerprint density at radius 3 is 2.40 bits per heavy atom. The third-order valence-corrected chi connectivity index (χ3v) is 7.55. The van der Waals surface area contributed by atoms with Crippen LogP contribution in [0, 0.1) is 5.82 Å². The van der Waals surface area contributed by atoms with E-state index in [1.165, 1.54) is 42.5 Å². The van der Waals surface area contributed by atoms with Gasteiger partial charge in [-0.25, -0.2) is 12.8 Å². The van der Waals surface area contributed by atoms with Crippen molar-refractivity contribution >= 4 is 38.9 Å². The molecule has 1 aliphatic heterocycles. The fourth-order valence-electron chi connectivity index (χ4n) is 3.53. The molecule has 0 aliphatic carbocycles. The van der Waals surface area contributed by atoms with Crippen molar-refractivity contribution in [2.75, 3.05) is 37.2 Å². The van der Waals surface area contributed by atoms with Gasteiger partial charge in [0.1, 0.15) is 5.82 Å². The zero-order valence-corrected chi connectivity index (χ0v) is 19.1. The minimum absolute atomic E-state index is 0.0475. The Morgan fingerprint density at radius 2 is 1.73 bits per heavy atom. The van der Waals surface area contributed by atoms with Crippen molar-refractivity contribution in [3.63, 3.8) is 0 Å². The van der Waals surface area contributed by atoms with Crippen LogP contribution < -0.4 is 4.31 Å². The summed E-state index contributed by atoms with van der Waals surface area (Å²) in [5.74, 6) is -0.642. The maximum Gasteiger partial charge on any atom is 0.264 e. The van der Waals surface area contributed by atoms with Crippen molar-refractivity contribution < 1.29 is 17.5 Å². The monoisotopic (exact) mass is 474 g/mol. The van der Waals surface area contributed by atoms with Crippen LogP contribution in [0.1, 0.15) is 19.8 Å². The number of nitrogens with zero attached hydrogens (tertiary/aromatic N) is 2. The minimum atomic E-state index is -4.02. The Morgan fingerprint density at radius 1 is 1.10 bits per heavy atom. The lowest BCUT2D eigenvalue weighted by molar-refractivity contribution is 0.0370. The van der Waals surface area contributed by atoms with E-state index >= 15 is 0 Å². The summed E-state index contributed by atoms with van der Waals surface area (Å²) in [5.41, 5.74) is -0.0590. The third-order valence-electron chi connectivity index (χ3n) is 5.12. The van der Waals surface area contributed by atoms with E-state index in [0.29, 0.717) is 24.7 Å². The van der Waals surface area contributed by atoms with Crippen LogP contribution >= 0.6 is 23.2 Å². The lowest BCUT2D eigenvalue weighted by Crippen LogP contribution is -2.41. The Balaban J connectivity index is 1.87. The quantitative estimate of drug-likeness (QED) is 0.549. The molecule has 164 valence electrons. The summed E-state index contributed by atoms with van der Waals surface area (Å²) in [4.78, 5) is 2.33. The number of hydrogen-bond donors (Lipinski definition) is 0. The Bertz CT molecular complexity index is 951. The topological polar surface area (TPSA) is 49.9 Å². The van der Waals surface area contributed by atoms with E-state index in [0.717, 1.165) is 30.4 Å². The van der Waals surface area contributed by atoms with E-state index in [1.807, 2.05) is 0 Å². The molecule has 1 aliphatic rings. The summed E-state index contributed by atoms with van der Waals surface area (Å²) in [7, 11) is -4.02. The molecule has 3 rings (SSSR count). The Labute approximate surface area is 187 Å². The molecule has 0 saturated carbocycles. The summed E-state index contributed by atoms with van der Waals surface area (Å²) >= 11 is 12.0. The van der Waals surface area contributed by atoms with Gasteiger partial charge in [-0.05, 0) is 68.8 Å². The minimum Gasteiger partial charge on any atom is -0.379 e. The van der Waals surface area contributed by atoms with Gasteiger partial charge in [-0.1, -0.05) is 23.2 Å². The number of morpholine rings is 1. The van der Waals surface area contributed by atoms with Gasteiger partial charge in [-0.2, -0.15) is 0 Å². The molecule has 0 spiro atoms. The van der Waals surface area contributed by atoms with Gasteiger partial charge in [-0.3, -0.25) is 9.21 Å². The molecule has 0 aromatic heterocycles. The molecule has 1 saturated heterocycles. The number of anilines is 1. The van der Waals surface area contributed by atoms with Crippen LogP contribution in [-0.2, 0) is 14.8 Å². The molecule has 2 aromatic carbocycles. The molecule has 0 amide bonds. The largest absolute Gasteiger partial charge is 0.379 e. The summed E-state index contributed by atoms with van der Waals surface area (Å²) in [5, 5.41) is 0.691. The first-order valence-electron chi connectivity index (χ1n) is 9.84. The zero-order chi connectivity index (χ0) is 21.7. The lowest BCUT2D eigenvalue weighted by Gasteiger charge is -2.32. The van der Waals surface area contributed by atoms with Crippen molar-refractivity contribution in [2.45, 2.75) is 30.7 Å². The number of hydrogen-bond acceptors (Lipinski definition) is 4. The lowest BCUT2D eigenvalue weighted by atomic mass is 10.1. The van der Waals surface area contributed by atoms with E-state index in [9.17, 15) is 12.8 Å². The molecular weight excluding hydrogens is 450 g/mol. The molecule has 30 heavy (non-hydrogen) atoms. The molecule has 0 radical (unpaired) electrons. The first-order valence-corrected chi connectivity index (χ1v) is 12.0. The highest BCUT2D eigenvalue weighted by Gasteiger charge is 2.31. The fourth-order valence-corrected chi connectivity index (χ4v) is 5.51. The highest BCUT2D eigenvalue weighted by Crippen LogP contribution is 2.32. The van der Waals surface area contributed by atoms with Crippen LogP contribution in [0.5, 0.6) is 0 Å². The summed E-state index contributed by atoms with van der Waals surface area (Å²) in [6, 6.07) is 9.32. The summed E-state index contributed by atoms with van der Waals surface area (Å²) in [6.45, 7) is 5.77. The number of benzene rings is 2. The van der Waals surface area contributed by atoms with Gasteiger partial charge in [0.25, 0.3) is 10.0 Å². The number of ether oxygens (including phenoxy) is 1. The second-order valence-corrected chi connectivity index (χ2v) is 9.98. The van der Waals surface area contributed by atoms with Crippen LogP contribution in [0.4, 0.5) is 10.1 Å². The van der Waals surface area contributed by atoms with Crippen LogP contribution in [0.15, 0.2) is 47.4 Å². The number of rotatable bonds is 8. The number of halogens is 3. The first-order chi connectivity index (χ1) is 14.3. The van der Waals surface area contributed by atoms with Gasteiger partial charge in [0.2, 0.25) is 0 Å².